The monoisotopic (exact) mass is 249 g/mol. The first-order valence-corrected chi connectivity index (χ1v) is 6.24. The summed E-state index contributed by atoms with van der Waals surface area (Å²) in [4.78, 5) is 8.38. The van der Waals surface area contributed by atoms with Crippen molar-refractivity contribution in [1.82, 2.24) is 9.97 Å². The highest BCUT2D eigenvalue weighted by Gasteiger charge is 2.07. The van der Waals surface area contributed by atoms with E-state index >= 15 is 0 Å². The molecule has 0 spiro atoms. The van der Waals surface area contributed by atoms with Gasteiger partial charge in [-0.25, -0.2) is 10.8 Å². The summed E-state index contributed by atoms with van der Waals surface area (Å²) >= 11 is 1.68. The molecule has 0 aliphatic carbocycles. The zero-order valence-corrected chi connectivity index (χ0v) is 10.6. The highest BCUT2D eigenvalue weighted by Crippen LogP contribution is 2.20. The van der Waals surface area contributed by atoms with Gasteiger partial charge in [-0.2, -0.15) is 16.3 Å². The average molecular weight is 249 g/mol. The molecule has 1 unspecified atom stereocenters. The van der Waals surface area contributed by atoms with Crippen LogP contribution in [-0.2, 0) is 0 Å². The van der Waals surface area contributed by atoms with Crippen molar-refractivity contribution < 1.29 is 0 Å². The van der Waals surface area contributed by atoms with E-state index < -0.39 is 0 Å². The normalized spacial score (nSPS) is 12.2. The van der Waals surface area contributed by atoms with Gasteiger partial charge in [0.05, 0.1) is 6.04 Å². The molecule has 2 aromatic heterocycles. The standard InChI is InChI=1S/C11H15N5S/c1-7-5-10(15-11(13-7)16-12)14-8(2)9-3-4-17-6-9/h3-6,8H,12H2,1-2H3,(H2,13,14,15,16). The first-order chi connectivity index (χ1) is 8.19. The lowest BCUT2D eigenvalue weighted by molar-refractivity contribution is 0.875. The highest BCUT2D eigenvalue weighted by molar-refractivity contribution is 7.07. The predicted octanol–water partition coefficient (Wildman–Crippen LogP) is 2.31. The van der Waals surface area contributed by atoms with E-state index in [0.29, 0.717) is 5.95 Å². The number of hydrogen-bond donors (Lipinski definition) is 3. The van der Waals surface area contributed by atoms with Crippen molar-refractivity contribution in [1.29, 1.82) is 0 Å². The SMILES string of the molecule is Cc1cc(NC(C)c2ccsc2)nc(NN)n1. The van der Waals surface area contributed by atoms with Crippen LogP contribution in [0, 0.1) is 6.92 Å². The van der Waals surface area contributed by atoms with Crippen LogP contribution in [0.15, 0.2) is 22.9 Å². The highest BCUT2D eigenvalue weighted by atomic mass is 32.1. The largest absolute Gasteiger partial charge is 0.363 e. The number of hydrazine groups is 1. The Morgan fingerprint density at radius 2 is 2.24 bits per heavy atom. The van der Waals surface area contributed by atoms with E-state index in [9.17, 15) is 0 Å². The number of nitrogens with two attached hydrogens (primary N) is 1. The van der Waals surface area contributed by atoms with Crippen molar-refractivity contribution in [2.24, 2.45) is 5.84 Å². The molecule has 2 rings (SSSR count). The van der Waals surface area contributed by atoms with Crippen LogP contribution in [0.3, 0.4) is 0 Å². The minimum Gasteiger partial charge on any atom is -0.363 e. The zero-order valence-electron chi connectivity index (χ0n) is 9.77. The minimum absolute atomic E-state index is 0.209. The summed E-state index contributed by atoms with van der Waals surface area (Å²) in [7, 11) is 0. The van der Waals surface area contributed by atoms with Gasteiger partial charge in [-0.1, -0.05) is 0 Å². The minimum atomic E-state index is 0.209. The van der Waals surface area contributed by atoms with E-state index in [-0.39, 0.29) is 6.04 Å². The van der Waals surface area contributed by atoms with Crippen molar-refractivity contribution in [2.45, 2.75) is 19.9 Å². The van der Waals surface area contributed by atoms with Crippen LogP contribution in [0.4, 0.5) is 11.8 Å². The molecule has 17 heavy (non-hydrogen) atoms. The van der Waals surface area contributed by atoms with E-state index in [2.05, 4.69) is 44.5 Å². The number of hydrogen-bond acceptors (Lipinski definition) is 6. The molecule has 0 aliphatic rings. The van der Waals surface area contributed by atoms with Gasteiger partial charge in [0, 0.05) is 11.8 Å². The lowest BCUT2D eigenvalue weighted by Gasteiger charge is -2.14. The predicted molar refractivity (Wildman–Crippen MR) is 70.9 cm³/mol. The van der Waals surface area contributed by atoms with Crippen molar-refractivity contribution in [3.8, 4) is 0 Å². The Balaban J connectivity index is 2.15. The molecule has 0 radical (unpaired) electrons. The number of anilines is 2. The number of nitrogens with zero attached hydrogens (tertiary/aromatic N) is 2. The molecule has 0 saturated heterocycles. The van der Waals surface area contributed by atoms with E-state index in [1.54, 1.807) is 11.3 Å². The second kappa shape index (κ2) is 5.11. The number of nitrogen functional groups attached to an aromatic ring is 1. The Kier molecular flexibility index (Phi) is 3.55. The van der Waals surface area contributed by atoms with Crippen LogP contribution in [-0.4, -0.2) is 9.97 Å². The lowest BCUT2D eigenvalue weighted by Crippen LogP contribution is -2.13. The van der Waals surface area contributed by atoms with Crippen molar-refractivity contribution in [3.63, 3.8) is 0 Å². The van der Waals surface area contributed by atoms with Crippen molar-refractivity contribution in [2.75, 3.05) is 10.7 Å². The summed E-state index contributed by atoms with van der Waals surface area (Å²) < 4.78 is 0. The van der Waals surface area contributed by atoms with E-state index in [1.807, 2.05) is 13.0 Å². The van der Waals surface area contributed by atoms with Crippen LogP contribution >= 0.6 is 11.3 Å². The fraction of sp³-hybridized carbons (Fsp3) is 0.273. The topological polar surface area (TPSA) is 75.9 Å². The molecule has 2 aromatic rings. The number of aromatic nitrogens is 2. The van der Waals surface area contributed by atoms with Crippen LogP contribution in [0.2, 0.25) is 0 Å². The summed E-state index contributed by atoms with van der Waals surface area (Å²) in [5.41, 5.74) is 4.57. The van der Waals surface area contributed by atoms with E-state index in [4.69, 9.17) is 5.84 Å². The molecular formula is C11H15N5S. The summed E-state index contributed by atoms with van der Waals surface area (Å²) in [5, 5.41) is 7.50. The Labute approximate surface area is 104 Å². The summed E-state index contributed by atoms with van der Waals surface area (Å²) in [6, 6.07) is 4.20. The lowest BCUT2D eigenvalue weighted by atomic mass is 10.2. The molecule has 4 N–H and O–H groups in total. The molecule has 1 atom stereocenters. The number of nitrogens with one attached hydrogen (secondary N) is 2. The van der Waals surface area contributed by atoms with Crippen LogP contribution in [0.5, 0.6) is 0 Å². The molecule has 0 aromatic carbocycles. The number of rotatable bonds is 4. The third-order valence-corrected chi connectivity index (χ3v) is 3.09. The maximum atomic E-state index is 5.31. The Morgan fingerprint density at radius 1 is 1.41 bits per heavy atom. The Morgan fingerprint density at radius 3 is 2.88 bits per heavy atom. The first-order valence-electron chi connectivity index (χ1n) is 5.30. The maximum absolute atomic E-state index is 5.31. The van der Waals surface area contributed by atoms with E-state index in [1.165, 1.54) is 5.56 Å². The number of thiophene rings is 1. The van der Waals surface area contributed by atoms with Gasteiger partial charge in [-0.05, 0) is 36.2 Å². The molecule has 5 nitrogen and oxygen atoms in total. The fourth-order valence-electron chi connectivity index (χ4n) is 1.53. The van der Waals surface area contributed by atoms with Gasteiger partial charge in [0.15, 0.2) is 0 Å². The average Bonchev–Trinajstić information content (AvgIpc) is 2.81. The fourth-order valence-corrected chi connectivity index (χ4v) is 2.29. The van der Waals surface area contributed by atoms with E-state index in [0.717, 1.165) is 11.5 Å². The molecule has 0 amide bonds. The van der Waals surface area contributed by atoms with Crippen LogP contribution < -0.4 is 16.6 Å². The first kappa shape index (κ1) is 11.8. The molecule has 2 heterocycles. The van der Waals surface area contributed by atoms with Gasteiger partial charge in [0.1, 0.15) is 5.82 Å². The summed E-state index contributed by atoms with van der Waals surface area (Å²) in [5.74, 6) is 6.50. The van der Waals surface area contributed by atoms with Crippen LogP contribution in [0.25, 0.3) is 0 Å². The maximum Gasteiger partial charge on any atom is 0.239 e. The summed E-state index contributed by atoms with van der Waals surface area (Å²) in [6.45, 7) is 4.00. The Hall–Kier alpha value is -1.66. The van der Waals surface area contributed by atoms with Gasteiger partial charge in [-0.15, -0.1) is 0 Å². The second-order valence-electron chi connectivity index (χ2n) is 3.79. The molecule has 0 saturated carbocycles. The van der Waals surface area contributed by atoms with Gasteiger partial charge < -0.3 is 5.32 Å². The van der Waals surface area contributed by atoms with Crippen molar-refractivity contribution >= 4 is 23.1 Å². The molecule has 90 valence electrons. The van der Waals surface area contributed by atoms with Gasteiger partial charge >= 0.3 is 0 Å². The molecule has 0 bridgehead atoms. The summed E-state index contributed by atoms with van der Waals surface area (Å²) in [6.07, 6.45) is 0. The molecule has 6 heteroatoms. The third kappa shape index (κ3) is 2.92. The molecule has 0 fully saturated rings. The van der Waals surface area contributed by atoms with Gasteiger partial charge in [0.2, 0.25) is 5.95 Å². The Bertz CT molecular complexity index is 483. The smallest absolute Gasteiger partial charge is 0.239 e. The van der Waals surface area contributed by atoms with Crippen molar-refractivity contribution in [3.05, 3.63) is 34.2 Å². The van der Waals surface area contributed by atoms with Gasteiger partial charge in [-0.3, -0.25) is 5.43 Å². The molecule has 0 aliphatic heterocycles. The number of aryl methyl sites for hydroxylation is 1. The van der Waals surface area contributed by atoms with Crippen LogP contribution in [0.1, 0.15) is 24.2 Å². The van der Waals surface area contributed by atoms with Gasteiger partial charge in [0.25, 0.3) is 0 Å². The molecular weight excluding hydrogens is 234 g/mol. The zero-order chi connectivity index (χ0) is 12.3. The second-order valence-corrected chi connectivity index (χ2v) is 4.57. The third-order valence-electron chi connectivity index (χ3n) is 2.39. The quantitative estimate of drug-likeness (QED) is 0.572.